The third-order valence-electron chi connectivity index (χ3n) is 3.28. The Labute approximate surface area is 76.9 Å². The van der Waals surface area contributed by atoms with Gasteiger partial charge in [0.2, 0.25) is 0 Å². The maximum absolute atomic E-state index is 3.56. The predicted molar refractivity (Wildman–Crippen MR) is 54.3 cm³/mol. The fraction of sp³-hybridized carbons (Fsp3) is 1.00. The summed E-state index contributed by atoms with van der Waals surface area (Å²) in [6.45, 7) is 10.4. The van der Waals surface area contributed by atoms with E-state index in [2.05, 4.69) is 33.0 Å². The van der Waals surface area contributed by atoms with E-state index in [0.29, 0.717) is 11.5 Å². The Balaban J connectivity index is 2.33. The van der Waals surface area contributed by atoms with Crippen LogP contribution in [-0.2, 0) is 0 Å². The van der Waals surface area contributed by atoms with Gasteiger partial charge in [-0.15, -0.1) is 0 Å². The molecule has 0 radical (unpaired) electrons. The predicted octanol–water partition coefficient (Wildman–Crippen LogP) is 2.81. The zero-order valence-electron chi connectivity index (χ0n) is 8.98. The van der Waals surface area contributed by atoms with E-state index in [1.165, 1.54) is 25.8 Å². The number of hydrogen-bond donors (Lipinski definition) is 1. The van der Waals surface area contributed by atoms with Gasteiger partial charge in [0.15, 0.2) is 0 Å². The quantitative estimate of drug-likeness (QED) is 0.667. The van der Waals surface area contributed by atoms with Crippen LogP contribution in [0.25, 0.3) is 0 Å². The van der Waals surface area contributed by atoms with Crippen LogP contribution in [0.4, 0.5) is 0 Å². The smallest absolute Gasteiger partial charge is 0.00106 e. The molecule has 0 aromatic rings. The minimum absolute atomic E-state index is 0.574. The second-order valence-corrected chi connectivity index (χ2v) is 4.82. The lowest BCUT2D eigenvalue weighted by Gasteiger charge is -2.29. The van der Waals surface area contributed by atoms with Crippen molar-refractivity contribution in [1.82, 2.24) is 5.32 Å². The van der Waals surface area contributed by atoms with Gasteiger partial charge in [0.05, 0.1) is 0 Å². The average molecular weight is 169 g/mol. The highest BCUT2D eigenvalue weighted by molar-refractivity contribution is 4.91. The van der Waals surface area contributed by atoms with Crippen molar-refractivity contribution in [3.05, 3.63) is 0 Å². The van der Waals surface area contributed by atoms with Gasteiger partial charge in [-0.2, -0.15) is 0 Å². The van der Waals surface area contributed by atoms with Crippen LogP contribution in [0.1, 0.15) is 47.0 Å². The molecular weight excluding hydrogens is 146 g/mol. The Bertz CT molecular complexity index is 138. The topological polar surface area (TPSA) is 12.0 Å². The van der Waals surface area contributed by atoms with Crippen LogP contribution in [0, 0.1) is 11.3 Å². The lowest BCUT2D eigenvalue weighted by atomic mass is 9.82. The van der Waals surface area contributed by atoms with E-state index in [1.807, 2.05) is 0 Å². The molecule has 0 aliphatic heterocycles. The first-order valence-electron chi connectivity index (χ1n) is 5.32. The van der Waals surface area contributed by atoms with Crippen LogP contribution in [0.15, 0.2) is 0 Å². The maximum Gasteiger partial charge on any atom is 0.00106 e. The van der Waals surface area contributed by atoms with Gasteiger partial charge in [0.1, 0.15) is 0 Å². The molecule has 1 N–H and O–H groups in total. The van der Waals surface area contributed by atoms with Crippen molar-refractivity contribution in [1.29, 1.82) is 0 Å². The number of hydrogen-bond acceptors (Lipinski definition) is 1. The molecule has 1 saturated carbocycles. The monoisotopic (exact) mass is 169 g/mol. The van der Waals surface area contributed by atoms with Crippen molar-refractivity contribution in [3.8, 4) is 0 Å². The largest absolute Gasteiger partial charge is 0.314 e. The van der Waals surface area contributed by atoms with Crippen molar-refractivity contribution in [3.63, 3.8) is 0 Å². The van der Waals surface area contributed by atoms with Crippen LogP contribution in [-0.4, -0.2) is 12.6 Å². The van der Waals surface area contributed by atoms with Gasteiger partial charge in [0, 0.05) is 12.6 Å². The van der Waals surface area contributed by atoms with Crippen LogP contribution in [0.2, 0.25) is 0 Å². The SMILES string of the molecule is CCC(C)(CNC(C)C)C1CC1. The van der Waals surface area contributed by atoms with E-state index in [-0.39, 0.29) is 0 Å². The molecule has 0 heterocycles. The fourth-order valence-electron chi connectivity index (χ4n) is 1.78. The molecule has 72 valence electrons. The Hall–Kier alpha value is -0.0400. The summed E-state index contributed by atoms with van der Waals surface area (Å²) in [5.74, 6) is 1.01. The van der Waals surface area contributed by atoms with Crippen molar-refractivity contribution >= 4 is 0 Å². The summed E-state index contributed by atoms with van der Waals surface area (Å²) in [5.41, 5.74) is 0.574. The molecule has 0 aromatic carbocycles. The molecule has 1 atom stereocenters. The van der Waals surface area contributed by atoms with Gasteiger partial charge in [-0.05, 0) is 30.6 Å². The molecule has 1 rings (SSSR count). The van der Waals surface area contributed by atoms with Crippen LogP contribution in [0.3, 0.4) is 0 Å². The molecule has 1 aliphatic carbocycles. The Morgan fingerprint density at radius 3 is 2.33 bits per heavy atom. The summed E-state index contributed by atoms with van der Waals surface area (Å²) in [7, 11) is 0. The first-order chi connectivity index (χ1) is 5.58. The summed E-state index contributed by atoms with van der Waals surface area (Å²) in [5, 5.41) is 3.56. The summed E-state index contributed by atoms with van der Waals surface area (Å²) < 4.78 is 0. The highest BCUT2D eigenvalue weighted by atomic mass is 14.9. The summed E-state index contributed by atoms with van der Waals surface area (Å²) in [6.07, 6.45) is 4.24. The molecule has 1 heteroatoms. The van der Waals surface area contributed by atoms with E-state index in [1.54, 1.807) is 0 Å². The summed E-state index contributed by atoms with van der Waals surface area (Å²) in [6, 6.07) is 0.634. The molecule has 0 bridgehead atoms. The molecule has 1 aliphatic rings. The minimum Gasteiger partial charge on any atom is -0.314 e. The first kappa shape index (κ1) is 10.0. The molecule has 12 heavy (non-hydrogen) atoms. The molecule has 0 amide bonds. The summed E-state index contributed by atoms with van der Waals surface area (Å²) >= 11 is 0. The molecule has 0 aromatic heterocycles. The lowest BCUT2D eigenvalue weighted by Crippen LogP contribution is -2.36. The second kappa shape index (κ2) is 3.78. The van der Waals surface area contributed by atoms with E-state index in [9.17, 15) is 0 Å². The Kier molecular flexibility index (Phi) is 3.16. The maximum atomic E-state index is 3.56. The molecule has 0 spiro atoms. The van der Waals surface area contributed by atoms with Crippen molar-refractivity contribution in [2.75, 3.05) is 6.54 Å². The fourth-order valence-corrected chi connectivity index (χ4v) is 1.78. The average Bonchev–Trinajstić information content (AvgIpc) is 2.82. The van der Waals surface area contributed by atoms with E-state index in [0.717, 1.165) is 5.92 Å². The molecular formula is C11H23N. The van der Waals surface area contributed by atoms with E-state index >= 15 is 0 Å². The van der Waals surface area contributed by atoms with E-state index < -0.39 is 0 Å². The normalized spacial score (nSPS) is 22.8. The second-order valence-electron chi connectivity index (χ2n) is 4.82. The van der Waals surface area contributed by atoms with Crippen molar-refractivity contribution in [2.45, 2.75) is 53.0 Å². The third kappa shape index (κ3) is 2.48. The van der Waals surface area contributed by atoms with Crippen molar-refractivity contribution in [2.24, 2.45) is 11.3 Å². The van der Waals surface area contributed by atoms with Crippen molar-refractivity contribution < 1.29 is 0 Å². The van der Waals surface area contributed by atoms with Gasteiger partial charge in [0.25, 0.3) is 0 Å². The first-order valence-corrected chi connectivity index (χ1v) is 5.32. The number of rotatable bonds is 5. The molecule has 0 saturated heterocycles. The van der Waals surface area contributed by atoms with Gasteiger partial charge in [-0.1, -0.05) is 27.7 Å². The third-order valence-corrected chi connectivity index (χ3v) is 3.28. The highest BCUT2D eigenvalue weighted by Gasteiger charge is 2.39. The molecule has 1 unspecified atom stereocenters. The highest BCUT2D eigenvalue weighted by Crippen LogP contribution is 2.47. The van der Waals surface area contributed by atoms with E-state index in [4.69, 9.17) is 0 Å². The lowest BCUT2D eigenvalue weighted by molar-refractivity contribution is 0.240. The summed E-state index contributed by atoms with van der Waals surface area (Å²) in [4.78, 5) is 0. The van der Waals surface area contributed by atoms with Gasteiger partial charge in [-0.3, -0.25) is 0 Å². The van der Waals surface area contributed by atoms with Crippen LogP contribution < -0.4 is 5.32 Å². The zero-order chi connectivity index (χ0) is 9.19. The Morgan fingerprint density at radius 1 is 1.42 bits per heavy atom. The van der Waals surface area contributed by atoms with Crippen LogP contribution in [0.5, 0.6) is 0 Å². The molecule has 1 nitrogen and oxygen atoms in total. The van der Waals surface area contributed by atoms with Gasteiger partial charge >= 0.3 is 0 Å². The standard InChI is InChI=1S/C11H23N/c1-5-11(4,10-6-7-10)8-12-9(2)3/h9-10,12H,5-8H2,1-4H3. The Morgan fingerprint density at radius 2 is 2.00 bits per heavy atom. The van der Waals surface area contributed by atoms with Gasteiger partial charge in [-0.25, -0.2) is 0 Å². The van der Waals surface area contributed by atoms with Crippen LogP contribution >= 0.6 is 0 Å². The minimum atomic E-state index is 0.574. The molecule has 1 fully saturated rings. The number of nitrogens with one attached hydrogen (secondary N) is 1. The van der Waals surface area contributed by atoms with Gasteiger partial charge < -0.3 is 5.32 Å². The zero-order valence-corrected chi connectivity index (χ0v) is 8.98.